The molecule has 11 heteroatoms. The monoisotopic (exact) mass is 499 g/mol. The van der Waals surface area contributed by atoms with Crippen molar-refractivity contribution in [1.29, 1.82) is 5.26 Å². The van der Waals surface area contributed by atoms with Crippen molar-refractivity contribution in [3.05, 3.63) is 58.3 Å². The SMILES string of the molecule is COC(=O)CSc1nnc(N2C(N)=C(C#N)C(c3ccccc3F)C3=C2CC(C)(C)CC3=O)s1. The second-order valence-corrected chi connectivity index (χ2v) is 10.9. The molecule has 0 amide bonds. The van der Waals surface area contributed by atoms with Crippen molar-refractivity contribution in [3.8, 4) is 6.07 Å². The molecular formula is C23H22FN5O3S2. The lowest BCUT2D eigenvalue weighted by molar-refractivity contribution is -0.137. The molecule has 0 bridgehead atoms. The van der Waals surface area contributed by atoms with Crippen LogP contribution in [-0.4, -0.2) is 34.8 Å². The first-order valence-electron chi connectivity index (χ1n) is 10.4. The van der Waals surface area contributed by atoms with Crippen LogP contribution in [0.3, 0.4) is 0 Å². The van der Waals surface area contributed by atoms with Gasteiger partial charge in [0.25, 0.3) is 0 Å². The number of nitriles is 1. The summed E-state index contributed by atoms with van der Waals surface area (Å²) in [5, 5.41) is 18.8. The van der Waals surface area contributed by atoms with Crippen LogP contribution in [0, 0.1) is 22.6 Å². The predicted octanol–water partition coefficient (Wildman–Crippen LogP) is 3.88. The van der Waals surface area contributed by atoms with E-state index in [1.807, 2.05) is 13.8 Å². The van der Waals surface area contributed by atoms with Crippen LogP contribution in [0.15, 0.2) is 51.3 Å². The number of ether oxygens (including phenoxy) is 1. The normalized spacial score (nSPS) is 19.7. The number of nitrogens with zero attached hydrogens (tertiary/aromatic N) is 4. The van der Waals surface area contributed by atoms with E-state index in [1.165, 1.54) is 24.5 Å². The van der Waals surface area contributed by atoms with Crippen LogP contribution in [0.2, 0.25) is 0 Å². The summed E-state index contributed by atoms with van der Waals surface area (Å²) in [6.45, 7) is 3.95. The van der Waals surface area contributed by atoms with Crippen LogP contribution in [-0.2, 0) is 14.3 Å². The molecule has 0 saturated carbocycles. The number of esters is 1. The van der Waals surface area contributed by atoms with Crippen molar-refractivity contribution in [2.45, 2.75) is 36.9 Å². The molecule has 1 aliphatic heterocycles. The van der Waals surface area contributed by atoms with Gasteiger partial charge in [0.15, 0.2) is 10.1 Å². The lowest BCUT2D eigenvalue weighted by atomic mass is 9.68. The molecule has 2 heterocycles. The van der Waals surface area contributed by atoms with Gasteiger partial charge in [0.2, 0.25) is 5.13 Å². The molecule has 1 aliphatic carbocycles. The molecule has 2 N–H and O–H groups in total. The van der Waals surface area contributed by atoms with E-state index in [-0.39, 0.29) is 40.3 Å². The van der Waals surface area contributed by atoms with E-state index in [9.17, 15) is 19.2 Å². The first kappa shape index (κ1) is 23.9. The fourth-order valence-electron chi connectivity index (χ4n) is 4.28. The quantitative estimate of drug-likeness (QED) is 0.482. The highest BCUT2D eigenvalue weighted by Crippen LogP contribution is 2.51. The van der Waals surface area contributed by atoms with Crippen LogP contribution >= 0.6 is 23.1 Å². The molecule has 1 unspecified atom stereocenters. The predicted molar refractivity (Wildman–Crippen MR) is 126 cm³/mol. The molecule has 0 spiro atoms. The van der Waals surface area contributed by atoms with Crippen molar-refractivity contribution < 1.29 is 18.7 Å². The van der Waals surface area contributed by atoms with E-state index in [0.717, 1.165) is 11.8 Å². The molecule has 2 aliphatic rings. The Hall–Kier alpha value is -3.23. The second-order valence-electron chi connectivity index (χ2n) is 8.72. The Morgan fingerprint density at radius 2 is 2.12 bits per heavy atom. The van der Waals surface area contributed by atoms with Crippen molar-refractivity contribution in [3.63, 3.8) is 0 Å². The number of allylic oxidation sites excluding steroid dienone is 3. The average molecular weight is 500 g/mol. The van der Waals surface area contributed by atoms with Gasteiger partial charge in [-0.05, 0) is 17.9 Å². The number of ketones is 1. The van der Waals surface area contributed by atoms with E-state index in [1.54, 1.807) is 23.1 Å². The summed E-state index contributed by atoms with van der Waals surface area (Å²) in [5.74, 6) is -1.82. The minimum atomic E-state index is -0.901. The van der Waals surface area contributed by atoms with Crippen LogP contribution in [0.5, 0.6) is 0 Å². The number of nitrogens with two attached hydrogens (primary N) is 1. The first-order chi connectivity index (χ1) is 16.2. The Bertz CT molecular complexity index is 1280. The summed E-state index contributed by atoms with van der Waals surface area (Å²) >= 11 is 2.35. The summed E-state index contributed by atoms with van der Waals surface area (Å²) in [5.41, 5.74) is 7.40. The number of anilines is 1. The third-order valence-electron chi connectivity index (χ3n) is 5.73. The molecule has 0 fully saturated rings. The van der Waals surface area contributed by atoms with E-state index < -0.39 is 17.7 Å². The fraction of sp³-hybridized carbons (Fsp3) is 0.348. The topological polar surface area (TPSA) is 122 Å². The molecule has 8 nitrogen and oxygen atoms in total. The second kappa shape index (κ2) is 9.19. The molecule has 2 aromatic rings. The van der Waals surface area contributed by atoms with Crippen LogP contribution in [0.4, 0.5) is 9.52 Å². The van der Waals surface area contributed by atoms with Gasteiger partial charge in [-0.2, -0.15) is 5.26 Å². The summed E-state index contributed by atoms with van der Waals surface area (Å²) in [4.78, 5) is 26.5. The Morgan fingerprint density at radius 3 is 2.79 bits per heavy atom. The van der Waals surface area contributed by atoms with Crippen LogP contribution in [0.1, 0.15) is 38.2 Å². The van der Waals surface area contributed by atoms with Gasteiger partial charge in [-0.3, -0.25) is 14.5 Å². The molecule has 34 heavy (non-hydrogen) atoms. The van der Waals surface area contributed by atoms with Gasteiger partial charge in [0, 0.05) is 23.3 Å². The number of aromatic nitrogens is 2. The summed E-state index contributed by atoms with van der Waals surface area (Å²) in [7, 11) is 1.30. The summed E-state index contributed by atoms with van der Waals surface area (Å²) in [6.07, 6.45) is 0.738. The molecule has 1 atom stereocenters. The van der Waals surface area contributed by atoms with E-state index in [2.05, 4.69) is 21.0 Å². The number of benzene rings is 1. The van der Waals surface area contributed by atoms with E-state index in [0.29, 0.717) is 27.2 Å². The maximum Gasteiger partial charge on any atom is 0.316 e. The fourth-order valence-corrected chi connectivity index (χ4v) is 5.99. The van der Waals surface area contributed by atoms with Gasteiger partial charge < -0.3 is 10.5 Å². The van der Waals surface area contributed by atoms with Crippen molar-refractivity contribution in [2.75, 3.05) is 17.8 Å². The van der Waals surface area contributed by atoms with Gasteiger partial charge >= 0.3 is 5.97 Å². The number of methoxy groups -OCH3 is 1. The Kier molecular flexibility index (Phi) is 6.47. The number of halogens is 1. The largest absolute Gasteiger partial charge is 0.468 e. The number of rotatable bonds is 5. The summed E-state index contributed by atoms with van der Waals surface area (Å²) in [6, 6.07) is 8.22. The number of hydrogen-bond donors (Lipinski definition) is 1. The van der Waals surface area contributed by atoms with Gasteiger partial charge in [0.05, 0.1) is 30.4 Å². The average Bonchev–Trinajstić information content (AvgIpc) is 3.24. The van der Waals surface area contributed by atoms with Crippen molar-refractivity contribution in [2.24, 2.45) is 11.1 Å². The van der Waals surface area contributed by atoms with E-state index in [4.69, 9.17) is 5.73 Å². The third kappa shape index (κ3) is 4.31. The lowest BCUT2D eigenvalue weighted by Gasteiger charge is -2.42. The van der Waals surface area contributed by atoms with Crippen molar-refractivity contribution in [1.82, 2.24) is 10.2 Å². The highest BCUT2D eigenvalue weighted by molar-refractivity contribution is 8.01. The zero-order valence-corrected chi connectivity index (χ0v) is 20.4. The minimum Gasteiger partial charge on any atom is -0.468 e. The molecular weight excluding hydrogens is 477 g/mol. The Morgan fingerprint density at radius 1 is 1.38 bits per heavy atom. The molecule has 1 aromatic heterocycles. The zero-order valence-electron chi connectivity index (χ0n) is 18.8. The number of carbonyl (C=O) groups is 2. The first-order valence-corrected chi connectivity index (χ1v) is 12.2. The smallest absolute Gasteiger partial charge is 0.316 e. The lowest BCUT2D eigenvalue weighted by Crippen LogP contribution is -2.42. The Balaban J connectivity index is 1.87. The highest BCUT2D eigenvalue weighted by atomic mass is 32.2. The van der Waals surface area contributed by atoms with Crippen LogP contribution in [0.25, 0.3) is 0 Å². The van der Waals surface area contributed by atoms with Crippen LogP contribution < -0.4 is 10.6 Å². The molecule has 4 rings (SSSR count). The molecule has 0 saturated heterocycles. The molecule has 0 radical (unpaired) electrons. The third-order valence-corrected chi connectivity index (χ3v) is 7.74. The minimum absolute atomic E-state index is 0.0642. The van der Waals surface area contributed by atoms with Gasteiger partial charge in [-0.1, -0.05) is 55.1 Å². The maximum atomic E-state index is 14.9. The molecule has 1 aromatic carbocycles. The Labute approximate surface area is 204 Å². The van der Waals surface area contributed by atoms with E-state index >= 15 is 0 Å². The van der Waals surface area contributed by atoms with Gasteiger partial charge in [-0.25, -0.2) is 4.39 Å². The highest BCUT2D eigenvalue weighted by Gasteiger charge is 2.46. The zero-order chi connectivity index (χ0) is 24.6. The standard InChI is InChI=1S/C23H22FN5O3S2/c1-23(2)8-15-19(16(30)9-23)18(12-6-4-5-7-14(12)24)13(10-25)20(26)29(15)21-27-28-22(34-21)33-11-17(31)32-3/h4-7,18H,8-9,11,26H2,1-3H3. The van der Waals surface area contributed by atoms with Gasteiger partial charge in [-0.15, -0.1) is 10.2 Å². The maximum absolute atomic E-state index is 14.9. The molecule has 176 valence electrons. The number of thioether (sulfide) groups is 1. The van der Waals surface area contributed by atoms with Gasteiger partial charge in [0.1, 0.15) is 11.6 Å². The number of Topliss-reactive ketones (excluding diaryl/α,β-unsaturated/α-hetero) is 1. The summed E-state index contributed by atoms with van der Waals surface area (Å²) < 4.78 is 20.0. The number of carbonyl (C=O) groups excluding carboxylic acids is 2. The van der Waals surface area contributed by atoms with Crippen molar-refractivity contribution >= 4 is 40.0 Å². The number of hydrogen-bond acceptors (Lipinski definition) is 10.